The minimum Gasteiger partial charge on any atom is -0.481 e. The van der Waals surface area contributed by atoms with E-state index in [2.05, 4.69) is 39.8 Å². The summed E-state index contributed by atoms with van der Waals surface area (Å²) in [7, 11) is 5.48. The number of carbonyl (C=O) groups is 2. The summed E-state index contributed by atoms with van der Waals surface area (Å²) in [6.45, 7) is 2.05. The summed E-state index contributed by atoms with van der Waals surface area (Å²) >= 11 is 0. The van der Waals surface area contributed by atoms with Gasteiger partial charge >= 0.3 is 12.1 Å². The van der Waals surface area contributed by atoms with Crippen molar-refractivity contribution in [3.63, 3.8) is 0 Å². The smallest absolute Gasteiger partial charge is 0.414 e. The SMILES string of the molecule is COC(=O)N1c2ccc3c(nc(Cc4ccc(N(C)C)cc4)n3[C@H]3CC[C@H](C(=O)O)CC3)c2CC[C@@H]1C. The van der Waals surface area contributed by atoms with Crippen LogP contribution in [0.15, 0.2) is 36.4 Å². The number of hydrogen-bond acceptors (Lipinski definition) is 5. The number of aryl methyl sites for hydroxylation is 1. The highest BCUT2D eigenvalue weighted by atomic mass is 16.5. The van der Waals surface area contributed by atoms with Gasteiger partial charge in [0.1, 0.15) is 5.82 Å². The molecule has 5 rings (SSSR count). The van der Waals surface area contributed by atoms with E-state index in [1.54, 1.807) is 4.90 Å². The number of hydrogen-bond donors (Lipinski definition) is 1. The minimum absolute atomic E-state index is 0.0560. The molecule has 0 bridgehead atoms. The van der Waals surface area contributed by atoms with Crippen LogP contribution in [0.4, 0.5) is 16.2 Å². The number of methoxy groups -OCH3 is 1. The van der Waals surface area contributed by atoms with E-state index < -0.39 is 5.97 Å². The van der Waals surface area contributed by atoms with Crippen molar-refractivity contribution < 1.29 is 19.4 Å². The van der Waals surface area contributed by atoms with Gasteiger partial charge < -0.3 is 19.3 Å². The summed E-state index contributed by atoms with van der Waals surface area (Å²) in [6.07, 6.45) is 5.02. The Morgan fingerprint density at radius 3 is 2.38 bits per heavy atom. The number of aromatic nitrogens is 2. The zero-order chi connectivity index (χ0) is 26.3. The summed E-state index contributed by atoms with van der Waals surface area (Å²) in [5, 5.41) is 9.52. The number of carboxylic acid groups (broad SMARTS) is 1. The molecule has 1 fully saturated rings. The summed E-state index contributed by atoms with van der Waals surface area (Å²) < 4.78 is 7.45. The van der Waals surface area contributed by atoms with Crippen LogP contribution < -0.4 is 9.80 Å². The molecule has 0 saturated heterocycles. The van der Waals surface area contributed by atoms with Crippen molar-refractivity contribution in [3.05, 3.63) is 53.3 Å². The lowest BCUT2D eigenvalue weighted by Gasteiger charge is -2.34. The van der Waals surface area contributed by atoms with Crippen LogP contribution in [0.2, 0.25) is 0 Å². The van der Waals surface area contributed by atoms with Crippen molar-refractivity contribution in [2.24, 2.45) is 5.92 Å². The Balaban J connectivity index is 1.59. The number of rotatable bonds is 5. The highest BCUT2D eigenvalue weighted by Crippen LogP contribution is 2.40. The van der Waals surface area contributed by atoms with Crippen molar-refractivity contribution in [3.8, 4) is 0 Å². The van der Waals surface area contributed by atoms with E-state index in [1.165, 1.54) is 12.7 Å². The molecule has 2 aromatic carbocycles. The molecular formula is C29H36N4O4. The first kappa shape index (κ1) is 25.1. The first-order valence-corrected chi connectivity index (χ1v) is 13.2. The lowest BCUT2D eigenvalue weighted by Crippen LogP contribution is -2.42. The van der Waals surface area contributed by atoms with Crippen LogP contribution >= 0.6 is 0 Å². The molecule has 0 spiro atoms. The fraction of sp³-hybridized carbons (Fsp3) is 0.483. The van der Waals surface area contributed by atoms with Gasteiger partial charge in [-0.15, -0.1) is 0 Å². The van der Waals surface area contributed by atoms with Gasteiger partial charge in [0.05, 0.1) is 29.7 Å². The maximum absolute atomic E-state index is 12.6. The molecular weight excluding hydrogens is 468 g/mol. The fourth-order valence-corrected chi connectivity index (χ4v) is 6.03. The van der Waals surface area contributed by atoms with Gasteiger partial charge in [0.2, 0.25) is 0 Å². The molecule has 37 heavy (non-hydrogen) atoms. The number of imidazole rings is 1. The van der Waals surface area contributed by atoms with Crippen LogP contribution in [-0.4, -0.2) is 54.0 Å². The summed E-state index contributed by atoms with van der Waals surface area (Å²) in [4.78, 5) is 33.2. The lowest BCUT2D eigenvalue weighted by atomic mass is 9.85. The number of carbonyl (C=O) groups excluding carboxylic acids is 1. The van der Waals surface area contributed by atoms with Crippen molar-refractivity contribution in [2.45, 2.75) is 64.0 Å². The number of amides is 1. The Morgan fingerprint density at radius 1 is 1.05 bits per heavy atom. The molecule has 1 amide bonds. The number of benzene rings is 2. The van der Waals surface area contributed by atoms with Gasteiger partial charge in [-0.25, -0.2) is 9.78 Å². The van der Waals surface area contributed by atoms with E-state index in [0.29, 0.717) is 19.3 Å². The van der Waals surface area contributed by atoms with Crippen LogP contribution in [0.3, 0.4) is 0 Å². The Kier molecular flexibility index (Phi) is 6.84. The standard InChI is InChI=1S/C29H36N4O4/c1-18-5-14-23-24(32(18)29(36)37-4)15-16-25-27(23)30-26(17-19-6-10-21(11-7-19)31(2)3)33(25)22-12-8-20(9-13-22)28(34)35/h6-7,10-11,15-16,18,20,22H,5,8-9,12-14,17H2,1-4H3,(H,34,35)/t18-,20-,22-/m0/s1. The zero-order valence-corrected chi connectivity index (χ0v) is 22.1. The fourth-order valence-electron chi connectivity index (χ4n) is 6.03. The van der Waals surface area contributed by atoms with Gasteiger partial charge in [-0.1, -0.05) is 12.1 Å². The second kappa shape index (κ2) is 10.1. The van der Waals surface area contributed by atoms with Crippen molar-refractivity contribution >= 4 is 34.5 Å². The molecule has 8 nitrogen and oxygen atoms in total. The van der Waals surface area contributed by atoms with Gasteiger partial charge in [-0.3, -0.25) is 9.69 Å². The topological polar surface area (TPSA) is 87.9 Å². The van der Waals surface area contributed by atoms with Gasteiger partial charge in [-0.05, 0) is 75.3 Å². The number of nitrogens with zero attached hydrogens (tertiary/aromatic N) is 4. The second-order valence-electron chi connectivity index (χ2n) is 10.6. The van der Waals surface area contributed by atoms with E-state index in [-0.39, 0.29) is 24.1 Å². The summed E-state index contributed by atoms with van der Waals surface area (Å²) in [5.41, 5.74) is 6.30. The van der Waals surface area contributed by atoms with Crippen molar-refractivity contribution in [1.29, 1.82) is 0 Å². The minimum atomic E-state index is -0.693. The average molecular weight is 505 g/mol. The Morgan fingerprint density at radius 2 is 1.76 bits per heavy atom. The molecule has 3 aromatic rings. The quantitative estimate of drug-likeness (QED) is 0.499. The van der Waals surface area contributed by atoms with Crippen molar-refractivity contribution in [2.75, 3.05) is 31.0 Å². The molecule has 8 heteroatoms. The third kappa shape index (κ3) is 4.65. The Hall–Kier alpha value is -3.55. The third-order valence-electron chi connectivity index (χ3n) is 8.13. The van der Waals surface area contributed by atoms with E-state index >= 15 is 0 Å². The van der Waals surface area contributed by atoms with E-state index in [1.807, 2.05) is 27.1 Å². The number of anilines is 2. The predicted octanol–water partition coefficient (Wildman–Crippen LogP) is 5.42. The molecule has 1 aliphatic heterocycles. The monoisotopic (exact) mass is 504 g/mol. The molecule has 1 aromatic heterocycles. The summed E-state index contributed by atoms with van der Waals surface area (Å²) in [6, 6.07) is 12.9. The maximum Gasteiger partial charge on any atom is 0.414 e. The van der Waals surface area contributed by atoms with Gasteiger partial charge in [-0.2, -0.15) is 0 Å². The Bertz CT molecular complexity index is 1310. The highest BCUT2D eigenvalue weighted by molar-refractivity contribution is 5.95. The van der Waals surface area contributed by atoms with E-state index in [4.69, 9.17) is 9.72 Å². The molecule has 0 radical (unpaired) electrons. The lowest BCUT2D eigenvalue weighted by molar-refractivity contribution is -0.143. The van der Waals surface area contributed by atoms with Crippen LogP contribution in [0, 0.1) is 5.92 Å². The molecule has 1 atom stereocenters. The normalized spacial score (nSPS) is 21.5. The number of aliphatic carboxylic acids is 1. The van der Waals surface area contributed by atoms with Gasteiger partial charge in [0, 0.05) is 43.9 Å². The molecule has 2 aliphatic rings. The number of fused-ring (bicyclic) bond motifs is 3. The zero-order valence-electron chi connectivity index (χ0n) is 22.1. The van der Waals surface area contributed by atoms with E-state index in [9.17, 15) is 14.7 Å². The predicted molar refractivity (Wildman–Crippen MR) is 145 cm³/mol. The van der Waals surface area contributed by atoms with Crippen LogP contribution in [0.25, 0.3) is 11.0 Å². The molecule has 1 aliphatic carbocycles. The Labute approximate surface area is 217 Å². The molecule has 1 saturated carbocycles. The van der Waals surface area contributed by atoms with Crippen LogP contribution in [-0.2, 0) is 22.4 Å². The van der Waals surface area contributed by atoms with Gasteiger partial charge in [0.15, 0.2) is 0 Å². The largest absolute Gasteiger partial charge is 0.481 e. The molecule has 2 heterocycles. The van der Waals surface area contributed by atoms with Crippen LogP contribution in [0.1, 0.15) is 62.0 Å². The molecule has 0 unspecified atom stereocenters. The average Bonchev–Trinajstić information content (AvgIpc) is 3.26. The number of carboxylic acids is 1. The first-order chi connectivity index (χ1) is 17.8. The van der Waals surface area contributed by atoms with Gasteiger partial charge in [0.25, 0.3) is 0 Å². The number of ether oxygens (including phenoxy) is 1. The molecule has 196 valence electrons. The van der Waals surface area contributed by atoms with Crippen molar-refractivity contribution in [1.82, 2.24) is 9.55 Å². The summed E-state index contributed by atoms with van der Waals surface area (Å²) in [5.74, 6) is 0.0279. The second-order valence-corrected chi connectivity index (χ2v) is 10.6. The highest BCUT2D eigenvalue weighted by Gasteiger charge is 2.33. The first-order valence-electron chi connectivity index (χ1n) is 13.2. The van der Waals surface area contributed by atoms with E-state index in [0.717, 1.165) is 59.5 Å². The van der Waals surface area contributed by atoms with Crippen LogP contribution in [0.5, 0.6) is 0 Å². The third-order valence-corrected chi connectivity index (χ3v) is 8.13. The maximum atomic E-state index is 12.6. The molecule has 1 N–H and O–H groups in total.